The molecule has 0 aromatic heterocycles. The fourth-order valence-corrected chi connectivity index (χ4v) is 3.85. The van der Waals surface area contributed by atoms with Gasteiger partial charge >= 0.3 is 0 Å². The molecule has 1 aromatic rings. The summed E-state index contributed by atoms with van der Waals surface area (Å²) < 4.78 is 0. The first-order valence-electron chi connectivity index (χ1n) is 8.46. The lowest BCUT2D eigenvalue weighted by molar-refractivity contribution is 0.627. The third kappa shape index (κ3) is 4.91. The molecular weight excluding hydrogens is 308 g/mol. The van der Waals surface area contributed by atoms with Gasteiger partial charge in [-0.15, -0.1) is 0 Å². The average molecular weight is 339 g/mol. The van der Waals surface area contributed by atoms with Crippen LogP contribution in [0.2, 0.25) is 0 Å². The predicted octanol–water partition coefficient (Wildman–Crippen LogP) is 6.78. The van der Waals surface area contributed by atoms with Crippen LogP contribution in [-0.4, -0.2) is 0 Å². The van der Waals surface area contributed by atoms with E-state index in [0.29, 0.717) is 4.83 Å². The topological polar surface area (TPSA) is 0 Å². The molecule has 0 spiro atoms. The van der Waals surface area contributed by atoms with E-state index in [1.165, 1.54) is 37.7 Å². The Balaban J connectivity index is 2.90. The summed E-state index contributed by atoms with van der Waals surface area (Å²) in [6, 6.07) is 4.85. The van der Waals surface area contributed by atoms with Gasteiger partial charge in [0.1, 0.15) is 0 Å². The van der Waals surface area contributed by atoms with Gasteiger partial charge in [-0.3, -0.25) is 0 Å². The highest BCUT2D eigenvalue weighted by Gasteiger charge is 2.16. The Hall–Kier alpha value is -0.300. The van der Waals surface area contributed by atoms with E-state index < -0.39 is 0 Å². The summed E-state index contributed by atoms with van der Waals surface area (Å²) in [6.45, 7) is 9.10. The molecule has 0 aliphatic heterocycles. The number of alkyl halides is 1. The fraction of sp³-hybridized carbons (Fsp3) is 0.684. The van der Waals surface area contributed by atoms with Gasteiger partial charge in [-0.2, -0.15) is 0 Å². The molecule has 0 fully saturated rings. The first-order valence-corrected chi connectivity index (χ1v) is 9.37. The Morgan fingerprint density at radius 1 is 0.850 bits per heavy atom. The lowest BCUT2D eigenvalue weighted by Gasteiger charge is -2.20. The van der Waals surface area contributed by atoms with Gasteiger partial charge in [0.2, 0.25) is 0 Å². The highest BCUT2D eigenvalue weighted by Crippen LogP contribution is 2.35. The second-order valence-corrected chi connectivity index (χ2v) is 6.81. The third-order valence-corrected chi connectivity index (χ3v) is 5.12. The van der Waals surface area contributed by atoms with Crippen LogP contribution in [0.25, 0.3) is 0 Å². The first kappa shape index (κ1) is 17.8. The summed E-state index contributed by atoms with van der Waals surface area (Å²) in [7, 11) is 0. The van der Waals surface area contributed by atoms with Crippen molar-refractivity contribution < 1.29 is 0 Å². The van der Waals surface area contributed by atoms with E-state index >= 15 is 0 Å². The number of benzene rings is 1. The molecule has 0 amide bonds. The summed E-state index contributed by atoms with van der Waals surface area (Å²) in [5.41, 5.74) is 6.19. The van der Waals surface area contributed by atoms with Crippen molar-refractivity contribution in [3.63, 3.8) is 0 Å². The molecule has 0 radical (unpaired) electrons. The lowest BCUT2D eigenvalue weighted by Crippen LogP contribution is -2.04. The zero-order valence-corrected chi connectivity index (χ0v) is 15.4. The maximum Gasteiger partial charge on any atom is 0.0400 e. The largest absolute Gasteiger partial charge is 0.0839 e. The first-order chi connectivity index (χ1) is 9.67. The van der Waals surface area contributed by atoms with E-state index in [-0.39, 0.29) is 0 Å². The quantitative estimate of drug-likeness (QED) is 0.343. The number of aryl methyl sites for hydroxylation is 3. The van der Waals surface area contributed by atoms with E-state index in [0.717, 1.165) is 19.3 Å². The molecule has 0 N–H and O–H groups in total. The van der Waals surface area contributed by atoms with Crippen LogP contribution in [-0.2, 0) is 19.3 Å². The lowest BCUT2D eigenvalue weighted by atomic mass is 9.90. The van der Waals surface area contributed by atoms with Crippen molar-refractivity contribution in [1.82, 2.24) is 0 Å². The van der Waals surface area contributed by atoms with Crippen LogP contribution >= 0.6 is 15.9 Å². The molecule has 1 heteroatoms. The van der Waals surface area contributed by atoms with Gasteiger partial charge in [-0.25, -0.2) is 0 Å². The second-order valence-electron chi connectivity index (χ2n) is 5.71. The van der Waals surface area contributed by atoms with Crippen LogP contribution < -0.4 is 0 Å². The Morgan fingerprint density at radius 2 is 1.45 bits per heavy atom. The number of unbranched alkanes of at least 4 members (excludes halogenated alkanes) is 3. The summed E-state index contributed by atoms with van der Waals surface area (Å²) >= 11 is 3.97. The summed E-state index contributed by atoms with van der Waals surface area (Å²) in [4.78, 5) is 0.537. The predicted molar refractivity (Wildman–Crippen MR) is 95.0 cm³/mol. The van der Waals surface area contributed by atoms with Gasteiger partial charge in [0.05, 0.1) is 0 Å². The standard InChI is InChI=1S/C19H31Br/c1-5-9-10-11-12-18(20)19-16(7-3)13-15(6-2)14-17(19)8-4/h13-14,18H,5-12H2,1-4H3. The summed E-state index contributed by atoms with van der Waals surface area (Å²) in [5, 5.41) is 0. The maximum atomic E-state index is 3.97. The van der Waals surface area contributed by atoms with Crippen LogP contribution in [0.5, 0.6) is 0 Å². The highest BCUT2D eigenvalue weighted by atomic mass is 79.9. The number of halogens is 1. The minimum absolute atomic E-state index is 0.537. The van der Waals surface area contributed by atoms with E-state index in [9.17, 15) is 0 Å². The van der Waals surface area contributed by atoms with Crippen LogP contribution in [0.15, 0.2) is 12.1 Å². The van der Waals surface area contributed by atoms with Gasteiger partial charge in [0, 0.05) is 4.83 Å². The van der Waals surface area contributed by atoms with Crippen LogP contribution in [0.3, 0.4) is 0 Å². The maximum absolute atomic E-state index is 3.97. The van der Waals surface area contributed by atoms with E-state index in [2.05, 4.69) is 55.8 Å². The van der Waals surface area contributed by atoms with Crippen molar-refractivity contribution in [3.05, 3.63) is 34.4 Å². The molecule has 0 aliphatic carbocycles. The zero-order chi connectivity index (χ0) is 15.0. The average Bonchev–Trinajstić information content (AvgIpc) is 2.49. The normalized spacial score (nSPS) is 12.7. The van der Waals surface area contributed by atoms with Crippen molar-refractivity contribution in [3.8, 4) is 0 Å². The summed E-state index contributed by atoms with van der Waals surface area (Å²) in [5.74, 6) is 0. The van der Waals surface area contributed by atoms with Crippen molar-refractivity contribution in [1.29, 1.82) is 0 Å². The molecule has 0 bridgehead atoms. The fourth-order valence-electron chi connectivity index (χ4n) is 2.94. The van der Waals surface area contributed by atoms with Gasteiger partial charge in [0.25, 0.3) is 0 Å². The van der Waals surface area contributed by atoms with Crippen molar-refractivity contribution in [2.75, 3.05) is 0 Å². The van der Waals surface area contributed by atoms with E-state index in [1.54, 1.807) is 16.7 Å². The number of rotatable bonds is 9. The van der Waals surface area contributed by atoms with Crippen molar-refractivity contribution in [2.45, 2.75) is 83.9 Å². The second kappa shape index (κ2) is 9.60. The molecule has 1 atom stereocenters. The molecule has 1 unspecified atom stereocenters. The highest BCUT2D eigenvalue weighted by molar-refractivity contribution is 9.09. The molecule has 0 heterocycles. The molecular formula is C19H31Br. The van der Waals surface area contributed by atoms with Crippen LogP contribution in [0, 0.1) is 0 Å². The molecule has 1 rings (SSSR count). The smallest absolute Gasteiger partial charge is 0.0400 e. The van der Waals surface area contributed by atoms with Gasteiger partial charge < -0.3 is 0 Å². The molecule has 114 valence electrons. The number of hydrogen-bond donors (Lipinski definition) is 0. The molecule has 1 aromatic carbocycles. The monoisotopic (exact) mass is 338 g/mol. The van der Waals surface area contributed by atoms with Crippen LogP contribution in [0.4, 0.5) is 0 Å². The molecule has 0 nitrogen and oxygen atoms in total. The molecule has 0 saturated heterocycles. The summed E-state index contributed by atoms with van der Waals surface area (Å²) in [6.07, 6.45) is 10.1. The molecule has 0 aliphatic rings. The zero-order valence-electron chi connectivity index (χ0n) is 13.8. The number of hydrogen-bond acceptors (Lipinski definition) is 0. The Labute approximate surface area is 134 Å². The van der Waals surface area contributed by atoms with Crippen molar-refractivity contribution >= 4 is 15.9 Å². The Morgan fingerprint density at radius 3 is 1.90 bits per heavy atom. The van der Waals surface area contributed by atoms with E-state index in [1.807, 2.05) is 0 Å². The Kier molecular flexibility index (Phi) is 8.52. The van der Waals surface area contributed by atoms with E-state index in [4.69, 9.17) is 0 Å². The van der Waals surface area contributed by atoms with Crippen molar-refractivity contribution in [2.24, 2.45) is 0 Å². The molecule has 20 heavy (non-hydrogen) atoms. The third-order valence-electron chi connectivity index (χ3n) is 4.21. The van der Waals surface area contributed by atoms with Crippen LogP contribution in [0.1, 0.15) is 86.9 Å². The minimum Gasteiger partial charge on any atom is -0.0839 e. The minimum atomic E-state index is 0.537. The molecule has 0 saturated carbocycles. The Bertz CT molecular complexity index is 370. The van der Waals surface area contributed by atoms with Gasteiger partial charge in [-0.1, -0.05) is 81.4 Å². The SMILES string of the molecule is CCCCCCC(Br)c1c(CC)cc(CC)cc1CC. The van der Waals surface area contributed by atoms with Gasteiger partial charge in [0.15, 0.2) is 0 Å². The van der Waals surface area contributed by atoms with Gasteiger partial charge in [-0.05, 0) is 47.9 Å².